The van der Waals surface area contributed by atoms with Crippen LogP contribution in [0.4, 0.5) is 0 Å². The molecule has 0 spiro atoms. The molecule has 0 heterocycles. The quantitative estimate of drug-likeness (QED) is 0.825. The maximum atomic E-state index is 12.1. The number of phenolic OH excluding ortho intramolecular Hbond substituents is 1. The minimum absolute atomic E-state index is 0.101. The van der Waals surface area contributed by atoms with Crippen LogP contribution in [0.25, 0.3) is 0 Å². The Labute approximate surface area is 114 Å². The fraction of sp³-hybridized carbons (Fsp3) is 0.533. The van der Waals surface area contributed by atoms with Crippen molar-refractivity contribution in [1.82, 2.24) is 10.2 Å². The zero-order chi connectivity index (χ0) is 13.8. The minimum atomic E-state index is -0.116. The van der Waals surface area contributed by atoms with Gasteiger partial charge in [-0.15, -0.1) is 0 Å². The van der Waals surface area contributed by atoms with Gasteiger partial charge in [-0.05, 0) is 25.8 Å². The van der Waals surface area contributed by atoms with Crippen LogP contribution in [0, 0.1) is 0 Å². The third-order valence-corrected chi connectivity index (χ3v) is 3.71. The number of nitrogens with zero attached hydrogens (tertiary/aromatic N) is 1. The zero-order valence-electron chi connectivity index (χ0n) is 11.6. The Morgan fingerprint density at radius 1 is 1.47 bits per heavy atom. The third-order valence-electron chi connectivity index (χ3n) is 3.71. The van der Waals surface area contributed by atoms with Crippen molar-refractivity contribution in [3.63, 3.8) is 0 Å². The van der Waals surface area contributed by atoms with Crippen LogP contribution in [0.1, 0.15) is 37.8 Å². The number of carbonyl (C=O) groups excluding carboxylic acids is 1. The molecular formula is C15H22N2O2. The lowest BCUT2D eigenvalue weighted by atomic mass is 10.1. The Hall–Kier alpha value is -1.55. The molecule has 0 radical (unpaired) electrons. The first-order chi connectivity index (χ1) is 9.09. The van der Waals surface area contributed by atoms with Crippen LogP contribution in [-0.4, -0.2) is 35.5 Å². The molecule has 2 rings (SSSR count). The van der Waals surface area contributed by atoms with Crippen LogP contribution in [0.5, 0.6) is 5.75 Å². The number of carbonyl (C=O) groups is 1. The second kappa shape index (κ2) is 6.06. The van der Waals surface area contributed by atoms with E-state index in [2.05, 4.69) is 5.32 Å². The average molecular weight is 262 g/mol. The highest BCUT2D eigenvalue weighted by atomic mass is 16.3. The number of phenols is 1. The van der Waals surface area contributed by atoms with Crippen LogP contribution in [0.3, 0.4) is 0 Å². The largest absolute Gasteiger partial charge is 0.508 e. The standard InChI is InChI=1S/C15H22N2O2/c1-11(13-5-3-4-6-14(13)18)17(2)15(19)9-10-16-12-7-8-12/h3-6,11-12,16,18H,7-10H2,1-2H3. The van der Waals surface area contributed by atoms with Crippen molar-refractivity contribution in [2.45, 2.75) is 38.3 Å². The lowest BCUT2D eigenvalue weighted by Crippen LogP contribution is -2.32. The van der Waals surface area contributed by atoms with Crippen LogP contribution in [-0.2, 0) is 4.79 Å². The molecule has 2 N–H and O–H groups in total. The Bertz CT molecular complexity index is 444. The molecule has 1 aromatic rings. The van der Waals surface area contributed by atoms with E-state index in [-0.39, 0.29) is 17.7 Å². The third kappa shape index (κ3) is 3.70. The van der Waals surface area contributed by atoms with Crippen molar-refractivity contribution in [1.29, 1.82) is 0 Å². The van der Waals surface area contributed by atoms with Gasteiger partial charge in [0, 0.05) is 31.6 Å². The molecule has 4 heteroatoms. The maximum Gasteiger partial charge on any atom is 0.224 e. The molecule has 0 aliphatic heterocycles. The van der Waals surface area contributed by atoms with Crippen molar-refractivity contribution in [3.8, 4) is 5.75 Å². The van der Waals surface area contributed by atoms with Gasteiger partial charge in [0.25, 0.3) is 0 Å². The summed E-state index contributed by atoms with van der Waals surface area (Å²) < 4.78 is 0. The van der Waals surface area contributed by atoms with E-state index >= 15 is 0 Å². The van der Waals surface area contributed by atoms with E-state index in [4.69, 9.17) is 0 Å². The molecule has 1 aromatic carbocycles. The summed E-state index contributed by atoms with van der Waals surface area (Å²) in [6.45, 7) is 2.67. The molecule has 1 aliphatic rings. The van der Waals surface area contributed by atoms with Gasteiger partial charge in [-0.3, -0.25) is 4.79 Å². The van der Waals surface area contributed by atoms with Crippen LogP contribution in [0.2, 0.25) is 0 Å². The maximum absolute atomic E-state index is 12.1. The van der Waals surface area contributed by atoms with Crippen LogP contribution < -0.4 is 5.32 Å². The summed E-state index contributed by atoms with van der Waals surface area (Å²) in [5.41, 5.74) is 0.786. The Kier molecular flexibility index (Phi) is 4.43. The Morgan fingerprint density at radius 2 is 2.16 bits per heavy atom. The summed E-state index contributed by atoms with van der Waals surface area (Å²) in [4.78, 5) is 13.8. The van der Waals surface area contributed by atoms with Crippen LogP contribution >= 0.6 is 0 Å². The van der Waals surface area contributed by atoms with Gasteiger partial charge in [0.15, 0.2) is 0 Å². The molecule has 1 fully saturated rings. The van der Waals surface area contributed by atoms with Gasteiger partial charge in [0.1, 0.15) is 5.75 Å². The minimum Gasteiger partial charge on any atom is -0.508 e. The number of nitrogens with one attached hydrogen (secondary N) is 1. The summed E-state index contributed by atoms with van der Waals surface area (Å²) in [5.74, 6) is 0.342. The number of amides is 1. The van der Waals surface area contributed by atoms with E-state index in [1.807, 2.05) is 19.1 Å². The highest BCUT2D eigenvalue weighted by molar-refractivity contribution is 5.76. The number of para-hydroxylation sites is 1. The van der Waals surface area contributed by atoms with E-state index in [1.54, 1.807) is 24.1 Å². The molecule has 4 nitrogen and oxygen atoms in total. The number of hydrogen-bond acceptors (Lipinski definition) is 3. The lowest BCUT2D eigenvalue weighted by molar-refractivity contribution is -0.131. The van der Waals surface area contributed by atoms with Crippen molar-refractivity contribution in [2.24, 2.45) is 0 Å². The first kappa shape index (κ1) is 13.9. The number of aromatic hydroxyl groups is 1. The summed E-state index contributed by atoms with van der Waals surface area (Å²) in [6, 6.07) is 7.68. The van der Waals surface area contributed by atoms with E-state index in [1.165, 1.54) is 12.8 Å². The van der Waals surface area contributed by atoms with E-state index < -0.39 is 0 Å². The van der Waals surface area contributed by atoms with Crippen LogP contribution in [0.15, 0.2) is 24.3 Å². The molecule has 1 atom stereocenters. The van der Waals surface area contributed by atoms with Gasteiger partial charge in [-0.1, -0.05) is 18.2 Å². The van der Waals surface area contributed by atoms with Gasteiger partial charge in [-0.25, -0.2) is 0 Å². The topological polar surface area (TPSA) is 52.6 Å². The summed E-state index contributed by atoms with van der Waals surface area (Å²) in [6.07, 6.45) is 2.97. The fourth-order valence-corrected chi connectivity index (χ4v) is 2.11. The molecule has 1 saturated carbocycles. The van der Waals surface area contributed by atoms with Crippen molar-refractivity contribution >= 4 is 5.91 Å². The van der Waals surface area contributed by atoms with E-state index in [9.17, 15) is 9.90 Å². The normalized spacial score (nSPS) is 16.1. The number of benzene rings is 1. The highest BCUT2D eigenvalue weighted by Gasteiger charge is 2.22. The van der Waals surface area contributed by atoms with Gasteiger partial charge < -0.3 is 15.3 Å². The van der Waals surface area contributed by atoms with E-state index in [0.717, 1.165) is 12.1 Å². The number of hydrogen-bond donors (Lipinski definition) is 2. The summed E-state index contributed by atoms with van der Waals surface area (Å²) >= 11 is 0. The number of rotatable bonds is 6. The highest BCUT2D eigenvalue weighted by Crippen LogP contribution is 2.27. The predicted molar refractivity (Wildman–Crippen MR) is 74.9 cm³/mol. The summed E-state index contributed by atoms with van der Waals surface area (Å²) in [7, 11) is 1.79. The van der Waals surface area contributed by atoms with Crippen molar-refractivity contribution < 1.29 is 9.90 Å². The smallest absolute Gasteiger partial charge is 0.224 e. The van der Waals surface area contributed by atoms with Gasteiger partial charge >= 0.3 is 0 Å². The molecule has 1 unspecified atom stereocenters. The molecule has 0 bridgehead atoms. The molecule has 0 saturated heterocycles. The lowest BCUT2D eigenvalue weighted by Gasteiger charge is -2.26. The molecule has 0 aromatic heterocycles. The molecule has 19 heavy (non-hydrogen) atoms. The van der Waals surface area contributed by atoms with Gasteiger partial charge in [-0.2, -0.15) is 0 Å². The molecule has 1 amide bonds. The van der Waals surface area contributed by atoms with Gasteiger partial charge in [0.2, 0.25) is 5.91 Å². The van der Waals surface area contributed by atoms with Gasteiger partial charge in [0.05, 0.1) is 6.04 Å². The Morgan fingerprint density at radius 3 is 2.79 bits per heavy atom. The van der Waals surface area contributed by atoms with Crippen molar-refractivity contribution in [3.05, 3.63) is 29.8 Å². The Balaban J connectivity index is 1.88. The average Bonchev–Trinajstić information content (AvgIpc) is 3.21. The fourth-order valence-electron chi connectivity index (χ4n) is 2.11. The second-order valence-corrected chi connectivity index (χ2v) is 5.22. The van der Waals surface area contributed by atoms with Crippen molar-refractivity contribution in [2.75, 3.05) is 13.6 Å². The second-order valence-electron chi connectivity index (χ2n) is 5.22. The molecular weight excluding hydrogens is 240 g/mol. The molecule has 1 aliphatic carbocycles. The first-order valence-electron chi connectivity index (χ1n) is 6.86. The first-order valence-corrected chi connectivity index (χ1v) is 6.86. The molecule has 104 valence electrons. The monoisotopic (exact) mass is 262 g/mol. The zero-order valence-corrected chi connectivity index (χ0v) is 11.6. The van der Waals surface area contributed by atoms with E-state index in [0.29, 0.717) is 12.5 Å². The summed E-state index contributed by atoms with van der Waals surface area (Å²) in [5, 5.41) is 13.2. The predicted octanol–water partition coefficient (Wildman–Crippen LogP) is 2.05. The SMILES string of the molecule is CC(c1ccccc1O)N(C)C(=O)CCNC1CC1.